The van der Waals surface area contributed by atoms with Crippen LogP contribution in [-0.2, 0) is 0 Å². The third-order valence-corrected chi connectivity index (χ3v) is 1.62. The molecule has 0 bridgehead atoms. The average Bonchev–Trinajstić information content (AvgIpc) is 1.88. The van der Waals surface area contributed by atoms with E-state index >= 15 is 0 Å². The number of rotatable bonds is 1. The molecule has 0 spiro atoms. The number of hydrogen-bond acceptors (Lipinski definition) is 0. The van der Waals surface area contributed by atoms with Crippen molar-refractivity contribution in [3.05, 3.63) is 23.7 Å². The Balaban J connectivity index is 2.80. The van der Waals surface area contributed by atoms with Gasteiger partial charge >= 0.3 is 63.6 Å². The van der Waals surface area contributed by atoms with Gasteiger partial charge in [0.1, 0.15) is 0 Å². The zero-order valence-corrected chi connectivity index (χ0v) is 6.46. The Labute approximate surface area is 64.3 Å². The first kappa shape index (κ1) is 7.59. The SMILES string of the molecule is [B]=C1[B]C=CC=C1C(C)C. The summed E-state index contributed by atoms with van der Waals surface area (Å²) in [7, 11) is 7.66. The normalized spacial score (nSPS) is 17.0. The zero-order chi connectivity index (χ0) is 7.56. The van der Waals surface area contributed by atoms with Crippen LogP contribution in [-0.4, -0.2) is 20.1 Å². The molecule has 0 unspecified atom stereocenters. The minimum atomic E-state index is 0.529. The van der Waals surface area contributed by atoms with Crippen LogP contribution < -0.4 is 0 Å². The number of allylic oxidation sites excluding steroid dienone is 3. The molecular formula is C8H10B2. The molecule has 0 aromatic rings. The molecule has 0 aliphatic carbocycles. The molecule has 1 heterocycles. The van der Waals surface area contributed by atoms with Crippen molar-refractivity contribution in [1.82, 2.24) is 0 Å². The van der Waals surface area contributed by atoms with Gasteiger partial charge in [-0.1, -0.05) is 0 Å². The Kier molecular flexibility index (Phi) is 2.31. The molecule has 0 aromatic carbocycles. The van der Waals surface area contributed by atoms with Gasteiger partial charge in [-0.2, -0.15) is 0 Å². The fraction of sp³-hybridized carbons (Fsp3) is 0.375. The maximum absolute atomic E-state index is 5.72. The van der Waals surface area contributed by atoms with Gasteiger partial charge in [0.05, 0.1) is 0 Å². The van der Waals surface area contributed by atoms with Crippen LogP contribution >= 0.6 is 0 Å². The predicted octanol–water partition coefficient (Wildman–Crippen LogP) is 1.10. The fourth-order valence-corrected chi connectivity index (χ4v) is 1.04. The van der Waals surface area contributed by atoms with Gasteiger partial charge in [-0.25, -0.2) is 0 Å². The molecule has 0 atom stereocenters. The van der Waals surface area contributed by atoms with Crippen molar-refractivity contribution in [1.29, 1.82) is 0 Å². The Hall–Kier alpha value is -0.520. The van der Waals surface area contributed by atoms with Gasteiger partial charge in [0.15, 0.2) is 0 Å². The second-order valence-corrected chi connectivity index (χ2v) is 2.78. The Morgan fingerprint density at radius 1 is 1.50 bits per heavy atom. The number of hydrogen-bond donors (Lipinski definition) is 0. The Morgan fingerprint density at radius 2 is 2.20 bits per heavy atom. The second-order valence-electron chi connectivity index (χ2n) is 2.78. The molecule has 0 aromatic heterocycles. The molecule has 2 radical (unpaired) electrons. The van der Waals surface area contributed by atoms with Crippen molar-refractivity contribution in [3.63, 3.8) is 0 Å². The van der Waals surface area contributed by atoms with Gasteiger partial charge in [0.2, 0.25) is 0 Å². The summed E-state index contributed by atoms with van der Waals surface area (Å²) in [6.07, 6.45) is 4.09. The summed E-state index contributed by atoms with van der Waals surface area (Å²) in [5.41, 5.74) is 1.24. The molecule has 0 saturated carbocycles. The van der Waals surface area contributed by atoms with Crippen LogP contribution in [0.4, 0.5) is 0 Å². The van der Waals surface area contributed by atoms with Gasteiger partial charge < -0.3 is 0 Å². The van der Waals surface area contributed by atoms with Crippen LogP contribution in [0.25, 0.3) is 0 Å². The van der Waals surface area contributed by atoms with Crippen molar-refractivity contribution in [2.75, 3.05) is 0 Å². The molecule has 0 fully saturated rings. The molecule has 1 aliphatic heterocycles. The quantitative estimate of drug-likeness (QED) is 0.463. The topological polar surface area (TPSA) is 0 Å². The van der Waals surface area contributed by atoms with Gasteiger partial charge in [-0.3, -0.25) is 0 Å². The van der Waals surface area contributed by atoms with Gasteiger partial charge in [-0.15, -0.1) is 0 Å². The van der Waals surface area contributed by atoms with E-state index in [1.54, 1.807) is 0 Å². The Bertz CT molecular complexity index is 199. The summed E-state index contributed by atoms with van der Waals surface area (Å²) in [6.45, 7) is 4.29. The average molecular weight is 128 g/mol. The van der Waals surface area contributed by atoms with Crippen LogP contribution in [0.5, 0.6) is 0 Å². The van der Waals surface area contributed by atoms with E-state index in [0.29, 0.717) is 5.92 Å². The van der Waals surface area contributed by atoms with E-state index < -0.39 is 0 Å². The van der Waals surface area contributed by atoms with Crippen LogP contribution in [0.2, 0.25) is 0 Å². The van der Waals surface area contributed by atoms with Crippen LogP contribution in [0.1, 0.15) is 13.8 Å². The summed E-state index contributed by atoms with van der Waals surface area (Å²) in [5.74, 6) is 2.49. The molecule has 0 nitrogen and oxygen atoms in total. The van der Waals surface area contributed by atoms with E-state index in [1.165, 1.54) is 5.57 Å². The van der Waals surface area contributed by atoms with Crippen LogP contribution in [0.3, 0.4) is 0 Å². The Morgan fingerprint density at radius 3 is 2.60 bits per heavy atom. The molecule has 1 aliphatic rings. The summed E-state index contributed by atoms with van der Waals surface area (Å²) in [5, 5.41) is 0.900. The minimum absolute atomic E-state index is 0.529. The molecule has 10 heavy (non-hydrogen) atoms. The van der Waals surface area contributed by atoms with Crippen molar-refractivity contribution >= 4 is 20.1 Å². The van der Waals surface area contributed by atoms with E-state index in [4.69, 9.17) is 7.49 Å². The molecular weight excluding hydrogens is 118 g/mol. The maximum atomic E-state index is 5.72. The van der Waals surface area contributed by atoms with E-state index in [0.717, 1.165) is 5.36 Å². The van der Waals surface area contributed by atoms with Gasteiger partial charge in [0, 0.05) is 0 Å². The molecule has 2 heteroatoms. The standard InChI is InChI=1S/C8H10B2/c1-6(2)7-4-3-5-10-8(7)9/h3-6H,1-2H3. The first-order chi connectivity index (χ1) is 4.72. The zero-order valence-electron chi connectivity index (χ0n) is 6.46. The van der Waals surface area contributed by atoms with Gasteiger partial charge in [-0.05, 0) is 0 Å². The summed E-state index contributed by atoms with van der Waals surface area (Å²) in [4.78, 5) is 0. The second kappa shape index (κ2) is 3.05. The van der Waals surface area contributed by atoms with E-state index in [1.807, 2.05) is 19.3 Å². The molecule has 48 valence electrons. The molecule has 1 rings (SSSR count). The van der Waals surface area contributed by atoms with Crippen LogP contribution in [0, 0.1) is 5.92 Å². The van der Waals surface area contributed by atoms with Crippen molar-refractivity contribution in [3.8, 4) is 0 Å². The first-order valence-corrected chi connectivity index (χ1v) is 3.56. The van der Waals surface area contributed by atoms with E-state index in [-0.39, 0.29) is 0 Å². The van der Waals surface area contributed by atoms with Crippen molar-refractivity contribution in [2.45, 2.75) is 13.8 Å². The summed E-state index contributed by atoms with van der Waals surface area (Å²) in [6, 6.07) is 0. The van der Waals surface area contributed by atoms with E-state index in [2.05, 4.69) is 19.9 Å². The third kappa shape index (κ3) is 1.50. The third-order valence-electron chi connectivity index (χ3n) is 1.62. The molecule has 0 saturated heterocycles. The summed E-state index contributed by atoms with van der Waals surface area (Å²) >= 11 is 0. The monoisotopic (exact) mass is 128 g/mol. The summed E-state index contributed by atoms with van der Waals surface area (Å²) < 4.78 is 0. The fourth-order valence-electron chi connectivity index (χ4n) is 1.04. The van der Waals surface area contributed by atoms with E-state index in [9.17, 15) is 0 Å². The predicted molar refractivity (Wildman–Crippen MR) is 48.6 cm³/mol. The first-order valence-electron chi connectivity index (χ1n) is 3.56. The van der Waals surface area contributed by atoms with Crippen LogP contribution in [0.15, 0.2) is 23.7 Å². The van der Waals surface area contributed by atoms with Crippen molar-refractivity contribution in [2.24, 2.45) is 5.92 Å². The molecule has 0 amide bonds. The van der Waals surface area contributed by atoms with Crippen molar-refractivity contribution < 1.29 is 0 Å². The van der Waals surface area contributed by atoms with Gasteiger partial charge in [0.25, 0.3) is 0 Å². The molecule has 0 N–H and O–H groups in total.